The number of Topliss-reactive ketones (excluding diaryl/α,β-unsaturated/α-hetero) is 2. The van der Waals surface area contributed by atoms with Crippen molar-refractivity contribution in [3.63, 3.8) is 0 Å². The quantitative estimate of drug-likeness (QED) is 0.580. The van der Waals surface area contributed by atoms with Crippen molar-refractivity contribution in [2.75, 3.05) is 25.4 Å². The summed E-state index contributed by atoms with van der Waals surface area (Å²) in [7, 11) is 0. The van der Waals surface area contributed by atoms with Crippen molar-refractivity contribution >= 4 is 23.3 Å². The smallest absolute Gasteiger partial charge is 0.147 e. The maximum absolute atomic E-state index is 14.0. The molecule has 0 spiro atoms. The molecular weight excluding hydrogens is 460 g/mol. The van der Waals surface area contributed by atoms with E-state index >= 15 is 0 Å². The molecule has 1 saturated heterocycles. The minimum absolute atomic E-state index is 0.0331. The summed E-state index contributed by atoms with van der Waals surface area (Å²) in [4.78, 5) is 29.4. The molecule has 1 heterocycles. The van der Waals surface area contributed by atoms with Crippen molar-refractivity contribution in [1.82, 2.24) is 4.90 Å². The lowest BCUT2D eigenvalue weighted by Gasteiger charge is -2.62. The van der Waals surface area contributed by atoms with Gasteiger partial charge in [-0.15, -0.1) is 0 Å². The molecule has 6 nitrogen and oxygen atoms in total. The number of carbonyl (C=O) groups is 2. The number of rotatable bonds is 4. The second-order valence-corrected chi connectivity index (χ2v) is 14.1. The summed E-state index contributed by atoms with van der Waals surface area (Å²) in [5, 5.41) is 22.2. The SMILES string of the molecule is CC1(C)CN(C2C[C@@]3(C)C(CC[C@H]4[C@@H]5CC[C@H](C(=O)CSC#N)[C@@]5(C)CC(=O)[C@@H]43)CC2O)CCO1. The number of thioether (sulfide) groups is 1. The van der Waals surface area contributed by atoms with Crippen molar-refractivity contribution in [3.05, 3.63) is 0 Å². The molecule has 1 aliphatic heterocycles. The number of ketones is 2. The first kappa shape index (κ1) is 25.7. The highest BCUT2D eigenvalue weighted by atomic mass is 32.2. The Morgan fingerprint density at radius 1 is 1.20 bits per heavy atom. The molecule has 0 bridgehead atoms. The summed E-state index contributed by atoms with van der Waals surface area (Å²) < 4.78 is 5.94. The van der Waals surface area contributed by atoms with Gasteiger partial charge in [0.1, 0.15) is 17.0 Å². The Hall–Kier alpha value is -0.940. The van der Waals surface area contributed by atoms with Crippen molar-refractivity contribution in [3.8, 4) is 5.40 Å². The molecule has 3 unspecified atom stereocenters. The number of thiocyanates is 1. The summed E-state index contributed by atoms with van der Waals surface area (Å²) in [5.74, 6) is 1.79. The number of hydrogen-bond donors (Lipinski definition) is 1. The first-order chi connectivity index (χ1) is 16.5. The summed E-state index contributed by atoms with van der Waals surface area (Å²) >= 11 is 1.03. The summed E-state index contributed by atoms with van der Waals surface area (Å²) in [6, 6.07) is 0.0696. The first-order valence-corrected chi connectivity index (χ1v) is 14.6. The third kappa shape index (κ3) is 4.21. The van der Waals surface area contributed by atoms with Crippen LogP contribution in [0.15, 0.2) is 0 Å². The number of carbonyl (C=O) groups excluding carboxylic acids is 2. The zero-order valence-corrected chi connectivity index (χ0v) is 22.6. The Morgan fingerprint density at radius 3 is 2.69 bits per heavy atom. The molecule has 5 fully saturated rings. The van der Waals surface area contributed by atoms with Crippen LogP contribution in [0.2, 0.25) is 0 Å². The molecule has 5 aliphatic rings. The van der Waals surface area contributed by atoms with Crippen LogP contribution in [0.5, 0.6) is 0 Å². The lowest BCUT2D eigenvalue weighted by atomic mass is 9.43. The number of fused-ring (bicyclic) bond motifs is 5. The van der Waals surface area contributed by atoms with Gasteiger partial charge in [-0.2, -0.15) is 5.26 Å². The van der Waals surface area contributed by atoms with Gasteiger partial charge in [0.05, 0.1) is 24.1 Å². The molecule has 194 valence electrons. The van der Waals surface area contributed by atoms with E-state index in [4.69, 9.17) is 10.00 Å². The Morgan fingerprint density at radius 2 is 1.97 bits per heavy atom. The minimum Gasteiger partial charge on any atom is -0.391 e. The number of morpholine rings is 1. The predicted molar refractivity (Wildman–Crippen MR) is 135 cm³/mol. The van der Waals surface area contributed by atoms with Crippen molar-refractivity contribution in [2.24, 2.45) is 40.4 Å². The number of nitrogens with zero attached hydrogens (tertiary/aromatic N) is 2. The van der Waals surface area contributed by atoms with Crippen molar-refractivity contribution in [1.29, 1.82) is 5.26 Å². The van der Waals surface area contributed by atoms with Crippen molar-refractivity contribution in [2.45, 2.75) is 90.4 Å². The van der Waals surface area contributed by atoms with Crippen LogP contribution >= 0.6 is 11.8 Å². The second-order valence-electron chi connectivity index (χ2n) is 13.3. The predicted octanol–water partition coefficient (Wildman–Crippen LogP) is 4.06. The molecule has 5 rings (SSSR count). The molecule has 0 aromatic heterocycles. The lowest BCUT2D eigenvalue weighted by molar-refractivity contribution is -0.177. The molecule has 9 atom stereocenters. The van der Waals surface area contributed by atoms with Gasteiger partial charge in [-0.1, -0.05) is 13.8 Å². The van der Waals surface area contributed by atoms with E-state index in [1.807, 2.05) is 5.40 Å². The third-order valence-electron chi connectivity index (χ3n) is 11.0. The van der Waals surface area contributed by atoms with E-state index in [0.717, 1.165) is 63.4 Å². The highest BCUT2D eigenvalue weighted by Gasteiger charge is 2.65. The summed E-state index contributed by atoms with van der Waals surface area (Å²) in [6.45, 7) is 11.1. The van der Waals surface area contributed by atoms with Crippen LogP contribution in [-0.2, 0) is 14.3 Å². The summed E-state index contributed by atoms with van der Waals surface area (Å²) in [5.41, 5.74) is -0.592. The normalized spacial score (nSPS) is 47.3. The van der Waals surface area contributed by atoms with E-state index in [1.54, 1.807) is 0 Å². The number of aliphatic hydroxyl groups is 1. The summed E-state index contributed by atoms with van der Waals surface area (Å²) in [6.07, 6.45) is 5.76. The number of aliphatic hydroxyl groups excluding tert-OH is 1. The Balaban J connectivity index is 1.40. The van der Waals surface area contributed by atoms with Gasteiger partial charge in [-0.3, -0.25) is 14.5 Å². The van der Waals surface area contributed by atoms with Crippen LogP contribution < -0.4 is 0 Å². The van der Waals surface area contributed by atoms with Crippen LogP contribution in [0.1, 0.15) is 72.6 Å². The van der Waals surface area contributed by atoms with Gasteiger partial charge < -0.3 is 9.84 Å². The molecule has 0 aromatic rings. The highest BCUT2D eigenvalue weighted by Crippen LogP contribution is 2.66. The van der Waals surface area contributed by atoms with Crippen LogP contribution in [0.3, 0.4) is 0 Å². The Bertz CT molecular complexity index is 917. The average molecular weight is 503 g/mol. The van der Waals surface area contributed by atoms with E-state index in [9.17, 15) is 14.7 Å². The molecule has 0 radical (unpaired) electrons. The molecule has 35 heavy (non-hydrogen) atoms. The van der Waals surface area contributed by atoms with Gasteiger partial charge in [0.25, 0.3) is 0 Å². The number of ether oxygens (including phenoxy) is 1. The largest absolute Gasteiger partial charge is 0.391 e. The molecule has 4 aliphatic carbocycles. The van der Waals surface area contributed by atoms with Gasteiger partial charge in [0.2, 0.25) is 0 Å². The second kappa shape index (κ2) is 9.11. The molecule has 7 heteroatoms. The van der Waals surface area contributed by atoms with E-state index in [1.165, 1.54) is 0 Å². The molecular formula is C28H42N2O4S. The maximum atomic E-state index is 14.0. The number of nitriles is 1. The maximum Gasteiger partial charge on any atom is 0.147 e. The fourth-order valence-corrected chi connectivity index (χ4v) is 9.95. The van der Waals surface area contributed by atoms with E-state index in [-0.39, 0.29) is 51.9 Å². The molecule has 0 aromatic carbocycles. The Labute approximate surface area is 214 Å². The number of hydrogen-bond acceptors (Lipinski definition) is 7. The van der Waals surface area contributed by atoms with E-state index in [0.29, 0.717) is 36.6 Å². The van der Waals surface area contributed by atoms with Crippen LogP contribution in [0.4, 0.5) is 0 Å². The lowest BCUT2D eigenvalue weighted by Crippen LogP contribution is -2.64. The monoisotopic (exact) mass is 502 g/mol. The van der Waals surface area contributed by atoms with Crippen LogP contribution in [0, 0.1) is 51.1 Å². The topological polar surface area (TPSA) is 90.6 Å². The third-order valence-corrected chi connectivity index (χ3v) is 11.5. The Kier molecular flexibility index (Phi) is 6.69. The minimum atomic E-state index is -0.353. The van der Waals surface area contributed by atoms with Crippen LogP contribution in [-0.4, -0.2) is 64.8 Å². The van der Waals surface area contributed by atoms with Gasteiger partial charge in [-0.25, -0.2) is 0 Å². The standard InChI is InChI=1S/C28H42N2O4S/c1-26(2)15-30(9-10-34-26)21-12-27(3)17(11-22(21)31)5-6-18-19-7-8-20(24(33)14-35-16-29)28(19,4)13-23(32)25(18)27/h17-22,25,31H,5-15H2,1-4H3/t17?,18-,19-,20+,21?,22?,25+,27-,28-/m0/s1. The molecule has 0 amide bonds. The van der Waals surface area contributed by atoms with Crippen molar-refractivity contribution < 1.29 is 19.4 Å². The van der Waals surface area contributed by atoms with Gasteiger partial charge in [-0.05, 0) is 92.7 Å². The van der Waals surface area contributed by atoms with Gasteiger partial charge in [0, 0.05) is 37.4 Å². The highest BCUT2D eigenvalue weighted by molar-refractivity contribution is 8.04. The fourth-order valence-electron chi connectivity index (χ4n) is 9.54. The van der Waals surface area contributed by atoms with Crippen LogP contribution in [0.25, 0.3) is 0 Å². The fraction of sp³-hybridized carbons (Fsp3) is 0.893. The molecule has 1 N–H and O–H groups in total. The molecule has 4 saturated carbocycles. The van der Waals surface area contributed by atoms with E-state index in [2.05, 4.69) is 32.6 Å². The average Bonchev–Trinajstić information content (AvgIpc) is 3.13. The van der Waals surface area contributed by atoms with Gasteiger partial charge >= 0.3 is 0 Å². The first-order valence-electron chi connectivity index (χ1n) is 13.6. The zero-order valence-electron chi connectivity index (χ0n) is 21.8. The van der Waals surface area contributed by atoms with E-state index < -0.39 is 0 Å². The van der Waals surface area contributed by atoms with Gasteiger partial charge in [0.15, 0.2) is 0 Å². The zero-order chi connectivity index (χ0) is 25.2.